The predicted octanol–water partition coefficient (Wildman–Crippen LogP) is 0.576. The maximum Gasteiger partial charge on any atom is 0.152 e. The number of rotatable bonds is 5. The number of nitrogens with zero attached hydrogens (tertiary/aromatic N) is 3. The zero-order valence-electron chi connectivity index (χ0n) is 9.50. The lowest BCUT2D eigenvalue weighted by Crippen LogP contribution is -2.17. The molecule has 2 aromatic heterocycles. The molecule has 0 saturated carbocycles. The zero-order valence-corrected chi connectivity index (χ0v) is 10.3. The van der Waals surface area contributed by atoms with Gasteiger partial charge in [0.05, 0.1) is 11.9 Å². The highest BCUT2D eigenvalue weighted by Gasteiger charge is 2.08. The molecule has 0 aliphatic rings. The first-order valence-corrected chi connectivity index (χ1v) is 7.17. The molecule has 2 rings (SSSR count). The van der Waals surface area contributed by atoms with Crippen LogP contribution in [0.15, 0.2) is 24.7 Å². The van der Waals surface area contributed by atoms with Crippen LogP contribution in [-0.2, 0) is 9.84 Å². The molecular weight excluding hydrogens is 240 g/mol. The standard InChI is InChI=1S/C10H14N4O2S/c1-2-17(15,16)8-6-12-10-9-3-4-13-14(9)7-5-11-10/h3-5,7H,2,6,8H2,1H3,(H,11,12). The fraction of sp³-hybridized carbons (Fsp3) is 0.400. The van der Waals surface area contributed by atoms with Crippen LogP contribution in [0, 0.1) is 0 Å². The van der Waals surface area contributed by atoms with Gasteiger partial charge in [0.25, 0.3) is 0 Å². The second-order valence-corrected chi connectivity index (χ2v) is 6.07. The number of anilines is 1. The van der Waals surface area contributed by atoms with Crippen LogP contribution >= 0.6 is 0 Å². The molecule has 7 heteroatoms. The van der Waals surface area contributed by atoms with E-state index in [1.165, 1.54) is 0 Å². The van der Waals surface area contributed by atoms with Gasteiger partial charge in [-0.15, -0.1) is 0 Å². The molecule has 0 aliphatic heterocycles. The Morgan fingerprint density at radius 3 is 3.00 bits per heavy atom. The Morgan fingerprint density at radius 2 is 2.24 bits per heavy atom. The van der Waals surface area contributed by atoms with Crippen molar-refractivity contribution in [2.45, 2.75) is 6.92 Å². The molecule has 6 nitrogen and oxygen atoms in total. The van der Waals surface area contributed by atoms with Gasteiger partial charge < -0.3 is 5.32 Å². The molecule has 0 bridgehead atoms. The van der Waals surface area contributed by atoms with Crippen LogP contribution in [0.2, 0.25) is 0 Å². The van der Waals surface area contributed by atoms with E-state index in [2.05, 4.69) is 15.4 Å². The van der Waals surface area contributed by atoms with Gasteiger partial charge in [0, 0.05) is 24.7 Å². The molecular formula is C10H14N4O2S. The van der Waals surface area contributed by atoms with Gasteiger partial charge in [-0.2, -0.15) is 5.10 Å². The normalized spacial score (nSPS) is 11.8. The second kappa shape index (κ2) is 4.70. The highest BCUT2D eigenvalue weighted by atomic mass is 32.2. The van der Waals surface area contributed by atoms with E-state index in [0.717, 1.165) is 5.52 Å². The van der Waals surface area contributed by atoms with Crippen molar-refractivity contribution in [2.75, 3.05) is 23.4 Å². The van der Waals surface area contributed by atoms with Crippen LogP contribution in [0.5, 0.6) is 0 Å². The Bertz CT molecular complexity index is 606. The lowest BCUT2D eigenvalue weighted by Gasteiger charge is -2.06. The van der Waals surface area contributed by atoms with Gasteiger partial charge in [-0.25, -0.2) is 17.9 Å². The Kier molecular flexibility index (Phi) is 3.28. The third-order valence-corrected chi connectivity index (χ3v) is 4.18. The van der Waals surface area contributed by atoms with Gasteiger partial charge in [0.15, 0.2) is 15.7 Å². The summed E-state index contributed by atoms with van der Waals surface area (Å²) in [7, 11) is -2.94. The average Bonchev–Trinajstić information content (AvgIpc) is 2.78. The first-order valence-electron chi connectivity index (χ1n) is 5.35. The monoisotopic (exact) mass is 254 g/mol. The minimum Gasteiger partial charge on any atom is -0.367 e. The molecule has 0 spiro atoms. The number of hydrogen-bond acceptors (Lipinski definition) is 5. The van der Waals surface area contributed by atoms with Crippen molar-refractivity contribution in [1.29, 1.82) is 0 Å². The number of hydrogen-bond donors (Lipinski definition) is 1. The molecule has 0 atom stereocenters. The maximum absolute atomic E-state index is 11.3. The van der Waals surface area contributed by atoms with Crippen molar-refractivity contribution >= 4 is 21.2 Å². The Morgan fingerprint density at radius 1 is 1.41 bits per heavy atom. The quantitative estimate of drug-likeness (QED) is 0.844. The Hall–Kier alpha value is -1.63. The third kappa shape index (κ3) is 2.73. The van der Waals surface area contributed by atoms with E-state index in [4.69, 9.17) is 0 Å². The van der Waals surface area contributed by atoms with E-state index < -0.39 is 9.84 Å². The highest BCUT2D eigenvalue weighted by Crippen LogP contribution is 2.11. The minimum absolute atomic E-state index is 0.111. The minimum atomic E-state index is -2.94. The van der Waals surface area contributed by atoms with Crippen molar-refractivity contribution in [1.82, 2.24) is 14.6 Å². The maximum atomic E-state index is 11.3. The lowest BCUT2D eigenvalue weighted by molar-refractivity contribution is 0.597. The van der Waals surface area contributed by atoms with E-state index in [1.54, 1.807) is 30.0 Å². The summed E-state index contributed by atoms with van der Waals surface area (Å²) in [6.07, 6.45) is 5.03. The molecule has 1 N–H and O–H groups in total. The van der Waals surface area contributed by atoms with Gasteiger partial charge in [-0.05, 0) is 6.07 Å². The molecule has 0 aromatic carbocycles. The van der Waals surface area contributed by atoms with E-state index >= 15 is 0 Å². The van der Waals surface area contributed by atoms with Crippen LogP contribution in [-0.4, -0.2) is 41.1 Å². The summed E-state index contributed by atoms with van der Waals surface area (Å²) in [5, 5.41) is 7.08. The van der Waals surface area contributed by atoms with E-state index in [1.807, 2.05) is 6.07 Å². The SMILES string of the molecule is CCS(=O)(=O)CCNc1nccn2nccc12. The molecule has 0 aliphatic carbocycles. The van der Waals surface area contributed by atoms with Crippen LogP contribution in [0.4, 0.5) is 5.82 Å². The molecule has 0 radical (unpaired) electrons. The van der Waals surface area contributed by atoms with E-state index in [0.29, 0.717) is 12.4 Å². The molecule has 0 saturated heterocycles. The number of fused-ring (bicyclic) bond motifs is 1. The van der Waals surface area contributed by atoms with E-state index in [-0.39, 0.29) is 11.5 Å². The first kappa shape index (κ1) is 11.8. The van der Waals surface area contributed by atoms with Gasteiger partial charge in [-0.1, -0.05) is 6.92 Å². The Labute approximate surface area is 99.6 Å². The fourth-order valence-electron chi connectivity index (χ4n) is 1.46. The van der Waals surface area contributed by atoms with E-state index in [9.17, 15) is 8.42 Å². The lowest BCUT2D eigenvalue weighted by atomic mass is 10.4. The van der Waals surface area contributed by atoms with Crippen molar-refractivity contribution in [2.24, 2.45) is 0 Å². The molecule has 17 heavy (non-hydrogen) atoms. The summed E-state index contributed by atoms with van der Waals surface area (Å²) in [4.78, 5) is 4.16. The van der Waals surface area contributed by atoms with Crippen LogP contribution in [0.1, 0.15) is 6.92 Å². The smallest absolute Gasteiger partial charge is 0.152 e. The average molecular weight is 254 g/mol. The number of sulfone groups is 1. The molecule has 2 aromatic rings. The topological polar surface area (TPSA) is 76.4 Å². The largest absolute Gasteiger partial charge is 0.367 e. The van der Waals surface area contributed by atoms with Gasteiger partial charge in [0.1, 0.15) is 5.52 Å². The van der Waals surface area contributed by atoms with Crippen LogP contribution in [0.25, 0.3) is 5.52 Å². The Balaban J connectivity index is 2.07. The molecule has 0 amide bonds. The van der Waals surface area contributed by atoms with Gasteiger partial charge >= 0.3 is 0 Å². The molecule has 0 unspecified atom stereocenters. The van der Waals surface area contributed by atoms with Crippen LogP contribution in [0.3, 0.4) is 0 Å². The summed E-state index contributed by atoms with van der Waals surface area (Å²) in [5.41, 5.74) is 0.835. The zero-order chi connectivity index (χ0) is 12.3. The summed E-state index contributed by atoms with van der Waals surface area (Å²) in [6.45, 7) is 2.00. The van der Waals surface area contributed by atoms with Gasteiger partial charge in [-0.3, -0.25) is 0 Å². The first-order chi connectivity index (χ1) is 8.12. The van der Waals surface area contributed by atoms with Crippen molar-refractivity contribution in [3.8, 4) is 0 Å². The highest BCUT2D eigenvalue weighted by molar-refractivity contribution is 7.91. The summed E-state index contributed by atoms with van der Waals surface area (Å²) in [5.74, 6) is 0.927. The molecule has 92 valence electrons. The summed E-state index contributed by atoms with van der Waals surface area (Å²) in [6, 6.07) is 1.82. The number of aromatic nitrogens is 3. The summed E-state index contributed by atoms with van der Waals surface area (Å²) >= 11 is 0. The molecule has 2 heterocycles. The van der Waals surface area contributed by atoms with Crippen LogP contribution < -0.4 is 5.32 Å². The summed E-state index contributed by atoms with van der Waals surface area (Å²) < 4.78 is 24.3. The van der Waals surface area contributed by atoms with Gasteiger partial charge in [0.2, 0.25) is 0 Å². The third-order valence-electron chi connectivity index (χ3n) is 2.47. The molecule has 0 fully saturated rings. The van der Waals surface area contributed by atoms with Crippen molar-refractivity contribution in [3.05, 3.63) is 24.7 Å². The number of nitrogens with one attached hydrogen (secondary N) is 1. The van der Waals surface area contributed by atoms with Crippen molar-refractivity contribution < 1.29 is 8.42 Å². The second-order valence-electron chi connectivity index (χ2n) is 3.60. The fourth-order valence-corrected chi connectivity index (χ4v) is 2.16. The van der Waals surface area contributed by atoms with Crippen molar-refractivity contribution in [3.63, 3.8) is 0 Å². The predicted molar refractivity (Wildman–Crippen MR) is 65.8 cm³/mol.